The highest BCUT2D eigenvalue weighted by Gasteiger charge is 2.29. The number of hydrogen-bond acceptors (Lipinski definition) is 7. The number of hydrogen-bond donors (Lipinski definition) is 3. The Morgan fingerprint density at radius 1 is 1.12 bits per heavy atom. The van der Waals surface area contributed by atoms with Crippen LogP contribution in [0.3, 0.4) is 0 Å². The summed E-state index contributed by atoms with van der Waals surface area (Å²) in [7, 11) is 0. The maximum Gasteiger partial charge on any atom is 0.224 e. The first-order valence-electron chi connectivity index (χ1n) is 10.9. The third-order valence-electron chi connectivity index (χ3n) is 5.76. The SMILES string of the molecule is CCCC(Nc1nc(N)nc2nc[nH]c12)C1N=c2cccc(C)c2=CN1c1ccccc1. The minimum atomic E-state index is -0.166. The molecule has 32 heavy (non-hydrogen) atoms. The molecule has 0 spiro atoms. The van der Waals surface area contributed by atoms with E-state index in [9.17, 15) is 0 Å². The Bertz CT molecular complexity index is 1360. The van der Waals surface area contributed by atoms with Crippen molar-refractivity contribution in [2.45, 2.75) is 38.9 Å². The molecule has 2 aromatic carbocycles. The summed E-state index contributed by atoms with van der Waals surface area (Å²) >= 11 is 0. The van der Waals surface area contributed by atoms with Crippen LogP contribution in [0.1, 0.15) is 25.3 Å². The van der Waals surface area contributed by atoms with Gasteiger partial charge < -0.3 is 20.9 Å². The van der Waals surface area contributed by atoms with Gasteiger partial charge in [0.25, 0.3) is 0 Å². The minimum absolute atomic E-state index is 0.0223. The number of imidazole rings is 1. The molecule has 3 heterocycles. The Morgan fingerprint density at radius 2 is 1.97 bits per heavy atom. The third-order valence-corrected chi connectivity index (χ3v) is 5.76. The molecular weight excluding hydrogens is 400 g/mol. The molecule has 162 valence electrons. The van der Waals surface area contributed by atoms with Gasteiger partial charge >= 0.3 is 0 Å². The van der Waals surface area contributed by atoms with Crippen molar-refractivity contribution in [2.75, 3.05) is 16.0 Å². The Kier molecular flexibility index (Phi) is 5.18. The van der Waals surface area contributed by atoms with Gasteiger partial charge in [-0.05, 0) is 37.1 Å². The molecule has 0 fully saturated rings. The number of H-pyrrole nitrogens is 1. The summed E-state index contributed by atoms with van der Waals surface area (Å²) < 4.78 is 0. The normalized spacial score (nSPS) is 16.2. The molecule has 4 aromatic rings. The Balaban J connectivity index is 1.62. The molecule has 1 aliphatic heterocycles. The first-order valence-corrected chi connectivity index (χ1v) is 10.9. The summed E-state index contributed by atoms with van der Waals surface area (Å²) in [6, 6.07) is 16.6. The van der Waals surface area contributed by atoms with Gasteiger partial charge in [0.15, 0.2) is 11.5 Å². The van der Waals surface area contributed by atoms with Crippen LogP contribution >= 0.6 is 0 Å². The zero-order chi connectivity index (χ0) is 22.1. The van der Waals surface area contributed by atoms with Gasteiger partial charge in [-0.1, -0.05) is 43.7 Å². The smallest absolute Gasteiger partial charge is 0.224 e. The van der Waals surface area contributed by atoms with Gasteiger partial charge in [0.05, 0.1) is 17.7 Å². The van der Waals surface area contributed by atoms with Crippen LogP contribution in [0.2, 0.25) is 0 Å². The van der Waals surface area contributed by atoms with Crippen molar-refractivity contribution in [3.63, 3.8) is 0 Å². The van der Waals surface area contributed by atoms with Crippen LogP contribution < -0.4 is 26.5 Å². The molecule has 0 saturated heterocycles. The number of nitrogen functional groups attached to an aromatic ring is 1. The second-order valence-electron chi connectivity index (χ2n) is 7.99. The number of aromatic amines is 1. The van der Waals surface area contributed by atoms with Crippen molar-refractivity contribution < 1.29 is 0 Å². The number of para-hydroxylation sites is 1. The second kappa shape index (κ2) is 8.30. The van der Waals surface area contributed by atoms with Crippen LogP contribution in [-0.2, 0) is 0 Å². The fourth-order valence-corrected chi connectivity index (χ4v) is 4.21. The van der Waals surface area contributed by atoms with Crippen LogP contribution in [0.4, 0.5) is 17.5 Å². The maximum absolute atomic E-state index is 5.95. The quantitative estimate of drug-likeness (QED) is 0.438. The predicted octanol–water partition coefficient (Wildman–Crippen LogP) is 2.73. The number of nitrogens with two attached hydrogens (primary N) is 1. The van der Waals surface area contributed by atoms with Gasteiger partial charge in [-0.25, -0.2) is 4.98 Å². The molecule has 5 rings (SSSR count). The van der Waals surface area contributed by atoms with Crippen molar-refractivity contribution in [1.29, 1.82) is 0 Å². The summed E-state index contributed by atoms with van der Waals surface area (Å²) in [6.07, 6.45) is 5.53. The summed E-state index contributed by atoms with van der Waals surface area (Å²) in [6.45, 7) is 4.29. The Hall–Kier alpha value is -3.94. The molecule has 0 bridgehead atoms. The topological polar surface area (TPSA) is 108 Å². The molecule has 8 heteroatoms. The molecule has 0 aliphatic carbocycles. The molecular formula is C24H26N8. The average molecular weight is 427 g/mol. The van der Waals surface area contributed by atoms with E-state index in [1.54, 1.807) is 6.33 Å². The molecule has 2 atom stereocenters. The predicted molar refractivity (Wildman–Crippen MR) is 128 cm³/mol. The summed E-state index contributed by atoms with van der Waals surface area (Å²) in [5, 5.41) is 5.75. The van der Waals surface area contributed by atoms with E-state index in [1.807, 2.05) is 6.07 Å². The fourth-order valence-electron chi connectivity index (χ4n) is 4.21. The first kappa shape index (κ1) is 20.0. The van der Waals surface area contributed by atoms with Gasteiger partial charge in [-0.15, -0.1) is 0 Å². The largest absolute Gasteiger partial charge is 0.368 e. The van der Waals surface area contributed by atoms with Crippen molar-refractivity contribution >= 4 is 34.8 Å². The van der Waals surface area contributed by atoms with Crippen LogP contribution in [-0.4, -0.2) is 32.1 Å². The lowest BCUT2D eigenvalue weighted by Crippen LogP contribution is -2.50. The second-order valence-corrected chi connectivity index (χ2v) is 7.99. The number of nitrogens with zero attached hydrogens (tertiary/aromatic N) is 5. The minimum Gasteiger partial charge on any atom is -0.368 e. The zero-order valence-corrected chi connectivity index (χ0v) is 18.2. The lowest BCUT2D eigenvalue weighted by Gasteiger charge is -2.36. The lowest BCUT2D eigenvalue weighted by atomic mass is 10.0. The Labute approximate surface area is 185 Å². The van der Waals surface area contributed by atoms with Crippen LogP contribution in [0.15, 0.2) is 59.9 Å². The monoisotopic (exact) mass is 426 g/mol. The molecule has 8 nitrogen and oxygen atoms in total. The van der Waals surface area contributed by atoms with E-state index >= 15 is 0 Å². The van der Waals surface area contributed by atoms with E-state index in [2.05, 4.69) is 92.7 Å². The number of anilines is 3. The number of aryl methyl sites for hydroxylation is 1. The molecule has 0 amide bonds. The number of benzene rings is 2. The average Bonchev–Trinajstić information content (AvgIpc) is 3.27. The highest BCUT2D eigenvalue weighted by atomic mass is 15.3. The van der Waals surface area contributed by atoms with E-state index in [1.165, 1.54) is 5.56 Å². The summed E-state index contributed by atoms with van der Waals surface area (Å²) in [5.41, 5.74) is 9.53. The highest BCUT2D eigenvalue weighted by Crippen LogP contribution is 2.26. The molecule has 0 saturated carbocycles. The van der Waals surface area contributed by atoms with Crippen LogP contribution in [0, 0.1) is 6.92 Å². The lowest BCUT2D eigenvalue weighted by molar-refractivity contribution is 0.515. The number of nitrogens with one attached hydrogen (secondary N) is 2. The summed E-state index contributed by atoms with van der Waals surface area (Å²) in [4.78, 5) is 23.5. The maximum atomic E-state index is 5.95. The van der Waals surface area contributed by atoms with Crippen LogP contribution in [0.5, 0.6) is 0 Å². The highest BCUT2D eigenvalue weighted by molar-refractivity contribution is 5.83. The molecule has 0 radical (unpaired) electrons. The van der Waals surface area contributed by atoms with Gasteiger partial charge in [0, 0.05) is 17.1 Å². The third kappa shape index (κ3) is 3.64. The number of fused-ring (bicyclic) bond motifs is 2. The summed E-state index contributed by atoms with van der Waals surface area (Å²) in [5.74, 6) is 0.831. The Morgan fingerprint density at radius 3 is 2.78 bits per heavy atom. The van der Waals surface area contributed by atoms with E-state index in [0.29, 0.717) is 11.5 Å². The van der Waals surface area contributed by atoms with E-state index in [0.717, 1.165) is 34.6 Å². The van der Waals surface area contributed by atoms with Crippen LogP contribution in [0.25, 0.3) is 17.4 Å². The number of rotatable bonds is 6. The molecule has 2 aromatic heterocycles. The fraction of sp³-hybridized carbons (Fsp3) is 0.250. The zero-order valence-electron chi connectivity index (χ0n) is 18.2. The molecule has 2 unspecified atom stereocenters. The first-order chi connectivity index (χ1) is 15.6. The van der Waals surface area contributed by atoms with Gasteiger partial charge in [-0.2, -0.15) is 9.97 Å². The van der Waals surface area contributed by atoms with Crippen molar-refractivity contribution in [1.82, 2.24) is 19.9 Å². The van der Waals surface area contributed by atoms with Crippen molar-refractivity contribution in [3.8, 4) is 0 Å². The van der Waals surface area contributed by atoms with E-state index in [4.69, 9.17) is 10.7 Å². The van der Waals surface area contributed by atoms with Gasteiger partial charge in [0.2, 0.25) is 5.95 Å². The van der Waals surface area contributed by atoms with Gasteiger partial charge in [0.1, 0.15) is 11.7 Å². The molecule has 4 N–H and O–H groups in total. The number of aromatic nitrogens is 4. The van der Waals surface area contributed by atoms with E-state index in [-0.39, 0.29) is 18.2 Å². The van der Waals surface area contributed by atoms with Gasteiger partial charge in [-0.3, -0.25) is 4.99 Å². The molecule has 1 aliphatic rings. The standard InChI is InChI=1S/C24H26N8/c1-3-8-19(28-22-20-21(27-14-26-20)30-24(25)31-22)23-29-18-12-7-9-15(2)17(18)13-32(23)16-10-5-4-6-11-16/h4-7,9-14,19,23H,3,8H2,1-2H3,(H4,25,26,27,28,30,31). The van der Waals surface area contributed by atoms with Crippen molar-refractivity contribution in [2.24, 2.45) is 4.99 Å². The van der Waals surface area contributed by atoms with Crippen molar-refractivity contribution in [3.05, 3.63) is 71.0 Å². The van der Waals surface area contributed by atoms with E-state index < -0.39 is 0 Å².